The summed E-state index contributed by atoms with van der Waals surface area (Å²) in [5.74, 6) is -0.542. The highest BCUT2D eigenvalue weighted by Crippen LogP contribution is 2.43. The minimum atomic E-state index is -4.51. The largest absolute Gasteiger partial charge is 0.410 e. The zero-order chi connectivity index (χ0) is 24.7. The van der Waals surface area contributed by atoms with Crippen molar-refractivity contribution in [3.05, 3.63) is 77.2 Å². The SMILES string of the molecule is Cc1ccc([C@@H]2C[C@@H](C(F)(F)F)n3nc(C(=O)N4CCN(c5ccc(F)cc5)CC4)cc3N2)cc1. The fourth-order valence-corrected chi connectivity index (χ4v) is 4.68. The van der Waals surface area contributed by atoms with Gasteiger partial charge in [-0.15, -0.1) is 0 Å². The molecule has 3 heterocycles. The van der Waals surface area contributed by atoms with Crippen LogP contribution >= 0.6 is 0 Å². The lowest BCUT2D eigenvalue weighted by Gasteiger charge is -2.35. The molecule has 2 aliphatic heterocycles. The molecular formula is C25H25F4N5O. The van der Waals surface area contributed by atoms with Crippen molar-refractivity contribution < 1.29 is 22.4 Å². The number of halogens is 4. The summed E-state index contributed by atoms with van der Waals surface area (Å²) < 4.78 is 55.9. The van der Waals surface area contributed by atoms with Crippen LogP contribution in [0.3, 0.4) is 0 Å². The highest BCUT2D eigenvalue weighted by Gasteiger charge is 2.47. The monoisotopic (exact) mass is 487 g/mol. The number of nitrogens with one attached hydrogen (secondary N) is 1. The van der Waals surface area contributed by atoms with Crippen molar-refractivity contribution in [2.75, 3.05) is 36.4 Å². The molecule has 1 aromatic heterocycles. The van der Waals surface area contributed by atoms with Gasteiger partial charge in [0, 0.05) is 44.4 Å². The summed E-state index contributed by atoms with van der Waals surface area (Å²) in [4.78, 5) is 16.8. The van der Waals surface area contributed by atoms with Crippen LogP contribution in [0, 0.1) is 12.7 Å². The number of nitrogens with zero attached hydrogens (tertiary/aromatic N) is 4. The number of carbonyl (C=O) groups is 1. The lowest BCUT2D eigenvalue weighted by Crippen LogP contribution is -2.49. The molecule has 3 aromatic rings. The first-order valence-electron chi connectivity index (χ1n) is 11.5. The Hall–Kier alpha value is -3.56. The maximum absolute atomic E-state index is 14.0. The van der Waals surface area contributed by atoms with Crippen LogP contribution in [-0.2, 0) is 0 Å². The van der Waals surface area contributed by atoms with E-state index in [-0.39, 0.29) is 23.7 Å². The normalized spacial score (nSPS) is 20.4. The molecule has 0 radical (unpaired) electrons. The topological polar surface area (TPSA) is 53.4 Å². The Kier molecular flexibility index (Phi) is 5.90. The van der Waals surface area contributed by atoms with Crippen molar-refractivity contribution >= 4 is 17.4 Å². The predicted molar refractivity (Wildman–Crippen MR) is 124 cm³/mol. The predicted octanol–water partition coefficient (Wildman–Crippen LogP) is 4.95. The molecule has 0 aliphatic carbocycles. The molecule has 1 N–H and O–H groups in total. The van der Waals surface area contributed by atoms with E-state index < -0.39 is 24.2 Å². The zero-order valence-corrected chi connectivity index (χ0v) is 19.1. The molecule has 5 rings (SSSR count). The van der Waals surface area contributed by atoms with Gasteiger partial charge in [-0.25, -0.2) is 9.07 Å². The molecule has 2 atom stereocenters. The Balaban J connectivity index is 1.33. The van der Waals surface area contributed by atoms with E-state index in [2.05, 4.69) is 10.4 Å². The van der Waals surface area contributed by atoms with Crippen LogP contribution in [-0.4, -0.2) is 52.9 Å². The number of benzene rings is 2. The number of rotatable bonds is 3. The highest BCUT2D eigenvalue weighted by atomic mass is 19.4. The third-order valence-electron chi connectivity index (χ3n) is 6.65. The van der Waals surface area contributed by atoms with Gasteiger partial charge in [0.2, 0.25) is 0 Å². The first-order valence-corrected chi connectivity index (χ1v) is 11.5. The molecule has 0 saturated carbocycles. The van der Waals surface area contributed by atoms with Crippen LogP contribution in [0.4, 0.5) is 29.1 Å². The van der Waals surface area contributed by atoms with Crippen LogP contribution in [0.15, 0.2) is 54.6 Å². The molecule has 0 unspecified atom stereocenters. The number of aryl methyl sites for hydroxylation is 1. The van der Waals surface area contributed by atoms with Crippen LogP contribution in [0.5, 0.6) is 0 Å². The number of aromatic nitrogens is 2. The number of hydrogen-bond acceptors (Lipinski definition) is 4. The number of carbonyl (C=O) groups excluding carboxylic acids is 1. The third kappa shape index (κ3) is 4.69. The summed E-state index contributed by atoms with van der Waals surface area (Å²) in [5, 5.41) is 7.23. The van der Waals surface area contributed by atoms with Gasteiger partial charge in [0.15, 0.2) is 11.7 Å². The van der Waals surface area contributed by atoms with E-state index in [0.29, 0.717) is 26.2 Å². The third-order valence-corrected chi connectivity index (χ3v) is 6.65. The molecule has 184 valence electrons. The van der Waals surface area contributed by atoms with Gasteiger partial charge in [0.1, 0.15) is 11.6 Å². The van der Waals surface area contributed by atoms with Gasteiger partial charge in [0.05, 0.1) is 6.04 Å². The van der Waals surface area contributed by atoms with Crippen molar-refractivity contribution in [1.82, 2.24) is 14.7 Å². The maximum atomic E-state index is 14.0. The fraction of sp³-hybridized carbons (Fsp3) is 0.360. The van der Waals surface area contributed by atoms with Crippen LogP contribution in [0.2, 0.25) is 0 Å². The Morgan fingerprint density at radius 2 is 1.66 bits per heavy atom. The van der Waals surface area contributed by atoms with E-state index in [1.807, 2.05) is 36.1 Å². The average molecular weight is 488 g/mol. The fourth-order valence-electron chi connectivity index (χ4n) is 4.68. The smallest absolute Gasteiger partial charge is 0.368 e. The van der Waals surface area contributed by atoms with Crippen molar-refractivity contribution in [3.63, 3.8) is 0 Å². The number of amides is 1. The summed E-state index contributed by atoms with van der Waals surface area (Å²) in [5.41, 5.74) is 2.62. The number of piperazine rings is 1. The Morgan fingerprint density at radius 1 is 1.00 bits per heavy atom. The van der Waals surface area contributed by atoms with Gasteiger partial charge >= 0.3 is 6.18 Å². The maximum Gasteiger partial charge on any atom is 0.410 e. The second kappa shape index (κ2) is 8.90. The molecule has 2 aromatic carbocycles. The minimum absolute atomic E-state index is 0.0125. The van der Waals surface area contributed by atoms with Crippen molar-refractivity contribution in [2.45, 2.75) is 31.6 Å². The van der Waals surface area contributed by atoms with Gasteiger partial charge in [-0.3, -0.25) is 4.79 Å². The zero-order valence-electron chi connectivity index (χ0n) is 19.1. The molecule has 10 heteroatoms. The van der Waals surface area contributed by atoms with Gasteiger partial charge in [-0.05, 0) is 36.8 Å². The molecule has 0 bridgehead atoms. The van der Waals surface area contributed by atoms with Crippen LogP contribution in [0.1, 0.15) is 40.1 Å². The first kappa shape index (κ1) is 23.2. The quantitative estimate of drug-likeness (QED) is 0.531. The summed E-state index contributed by atoms with van der Waals surface area (Å²) in [6.07, 6.45) is -4.72. The molecule has 35 heavy (non-hydrogen) atoms. The molecule has 1 amide bonds. The van der Waals surface area contributed by atoms with E-state index in [1.54, 1.807) is 17.0 Å². The van der Waals surface area contributed by atoms with Gasteiger partial charge < -0.3 is 15.1 Å². The van der Waals surface area contributed by atoms with E-state index in [1.165, 1.54) is 18.2 Å². The standard InChI is InChI=1S/C25H25F4N5O/c1-16-2-4-17(5-3-16)20-14-22(25(27,28)29)34-23(30-20)15-21(31-34)24(35)33-12-10-32(11-13-33)19-8-6-18(26)7-9-19/h2-9,15,20,22,30H,10-14H2,1H3/t20-,22-/m0/s1. The second-order valence-electron chi connectivity index (χ2n) is 9.02. The summed E-state index contributed by atoms with van der Waals surface area (Å²) in [6, 6.07) is 12.5. The van der Waals surface area contributed by atoms with E-state index >= 15 is 0 Å². The first-order chi connectivity index (χ1) is 16.7. The van der Waals surface area contributed by atoms with E-state index in [9.17, 15) is 22.4 Å². The van der Waals surface area contributed by atoms with E-state index in [0.717, 1.165) is 21.5 Å². The average Bonchev–Trinajstić information content (AvgIpc) is 3.27. The Bertz CT molecular complexity index is 1200. The van der Waals surface area contributed by atoms with Crippen LogP contribution in [0.25, 0.3) is 0 Å². The highest BCUT2D eigenvalue weighted by molar-refractivity contribution is 5.93. The molecule has 1 fully saturated rings. The van der Waals surface area contributed by atoms with E-state index in [4.69, 9.17) is 0 Å². The summed E-state index contributed by atoms with van der Waals surface area (Å²) in [6.45, 7) is 3.76. The minimum Gasteiger partial charge on any atom is -0.368 e. The van der Waals surface area contributed by atoms with Gasteiger partial charge in [-0.2, -0.15) is 18.3 Å². The molecule has 1 saturated heterocycles. The molecular weight excluding hydrogens is 462 g/mol. The molecule has 6 nitrogen and oxygen atoms in total. The summed E-state index contributed by atoms with van der Waals surface area (Å²) in [7, 11) is 0. The number of alkyl halides is 3. The Morgan fingerprint density at radius 3 is 2.29 bits per heavy atom. The molecule has 0 spiro atoms. The number of hydrogen-bond donors (Lipinski definition) is 1. The van der Waals surface area contributed by atoms with Crippen molar-refractivity contribution in [3.8, 4) is 0 Å². The number of anilines is 2. The summed E-state index contributed by atoms with van der Waals surface area (Å²) >= 11 is 0. The molecule has 2 aliphatic rings. The lowest BCUT2D eigenvalue weighted by molar-refractivity contribution is -0.173. The van der Waals surface area contributed by atoms with Crippen molar-refractivity contribution in [1.29, 1.82) is 0 Å². The lowest BCUT2D eigenvalue weighted by atomic mass is 9.96. The Labute approximate surface area is 200 Å². The second-order valence-corrected chi connectivity index (χ2v) is 9.02. The number of fused-ring (bicyclic) bond motifs is 1. The van der Waals surface area contributed by atoms with Crippen LogP contribution < -0.4 is 10.2 Å². The van der Waals surface area contributed by atoms with Crippen molar-refractivity contribution in [2.24, 2.45) is 0 Å². The van der Waals surface area contributed by atoms with Gasteiger partial charge in [0.25, 0.3) is 5.91 Å². The van der Waals surface area contributed by atoms with Gasteiger partial charge in [-0.1, -0.05) is 29.8 Å².